The van der Waals surface area contributed by atoms with Gasteiger partial charge in [-0.2, -0.15) is 0 Å². The number of halogens is 1. The van der Waals surface area contributed by atoms with Gasteiger partial charge in [0.15, 0.2) is 0 Å². The Morgan fingerprint density at radius 1 is 1.21 bits per heavy atom. The molecular weight excluding hydrogens is 355 g/mol. The summed E-state index contributed by atoms with van der Waals surface area (Å²) in [5, 5.41) is 2.75. The van der Waals surface area contributed by atoms with Crippen molar-refractivity contribution >= 4 is 29.2 Å². The Hall–Kier alpha value is -3.54. The molecule has 1 aromatic heterocycles. The fourth-order valence-electron chi connectivity index (χ4n) is 3.22. The van der Waals surface area contributed by atoms with Crippen molar-refractivity contribution in [3.05, 3.63) is 83.9 Å². The maximum Gasteiger partial charge on any atom is 0.237 e. The summed E-state index contributed by atoms with van der Waals surface area (Å²) in [6.07, 6.45) is 5.17. The lowest BCUT2D eigenvalue weighted by atomic mass is 10.0. The third-order valence-corrected chi connectivity index (χ3v) is 4.69. The summed E-state index contributed by atoms with van der Waals surface area (Å²) in [5.41, 5.74) is 4.16. The van der Waals surface area contributed by atoms with Gasteiger partial charge < -0.3 is 10.2 Å². The predicted octanol–water partition coefficient (Wildman–Crippen LogP) is 4.30. The van der Waals surface area contributed by atoms with E-state index in [2.05, 4.69) is 20.2 Å². The van der Waals surface area contributed by atoms with Crippen molar-refractivity contribution in [2.45, 2.75) is 12.5 Å². The van der Waals surface area contributed by atoms with Crippen LogP contribution in [-0.2, 0) is 11.3 Å². The van der Waals surface area contributed by atoms with E-state index in [1.165, 1.54) is 12.1 Å². The van der Waals surface area contributed by atoms with Crippen LogP contribution in [0.3, 0.4) is 0 Å². The molecule has 6 heteroatoms. The predicted molar refractivity (Wildman–Crippen MR) is 109 cm³/mol. The molecule has 1 aliphatic rings. The molecule has 1 aliphatic heterocycles. The Kier molecular flexibility index (Phi) is 4.85. The van der Waals surface area contributed by atoms with Crippen LogP contribution in [0.15, 0.2) is 72.0 Å². The minimum atomic E-state index is -0.585. The zero-order chi connectivity index (χ0) is 19.5. The van der Waals surface area contributed by atoms with E-state index in [0.29, 0.717) is 11.3 Å². The fourth-order valence-corrected chi connectivity index (χ4v) is 3.22. The Morgan fingerprint density at radius 3 is 2.79 bits per heavy atom. The fraction of sp³-hybridized carbons (Fsp3) is 0.136. The summed E-state index contributed by atoms with van der Waals surface area (Å²) < 4.78 is 13.5. The molecule has 0 bridgehead atoms. The molecule has 1 atom stereocenters. The van der Waals surface area contributed by atoms with Crippen molar-refractivity contribution in [1.82, 2.24) is 4.98 Å². The van der Waals surface area contributed by atoms with Crippen molar-refractivity contribution in [3.8, 4) is 0 Å². The van der Waals surface area contributed by atoms with Gasteiger partial charge in [-0.1, -0.05) is 6.07 Å². The maximum atomic E-state index is 13.5. The molecule has 0 aliphatic carbocycles. The first-order valence-electron chi connectivity index (χ1n) is 8.95. The van der Waals surface area contributed by atoms with E-state index < -0.39 is 5.92 Å². The van der Waals surface area contributed by atoms with Gasteiger partial charge in [0.1, 0.15) is 11.7 Å². The number of fused-ring (bicyclic) bond motifs is 1. The third-order valence-electron chi connectivity index (χ3n) is 4.69. The first-order chi connectivity index (χ1) is 13.6. The molecule has 0 fully saturated rings. The van der Waals surface area contributed by atoms with Crippen LogP contribution in [0, 0.1) is 5.82 Å². The number of pyridine rings is 1. The summed E-state index contributed by atoms with van der Waals surface area (Å²) >= 11 is 0. The molecule has 2 heterocycles. The number of amides is 1. The normalized spacial score (nSPS) is 15.5. The Labute approximate surface area is 162 Å². The Morgan fingerprint density at radius 2 is 2.04 bits per heavy atom. The van der Waals surface area contributed by atoms with E-state index in [4.69, 9.17) is 0 Å². The van der Waals surface area contributed by atoms with Crippen LogP contribution in [0.1, 0.15) is 17.0 Å². The topological polar surface area (TPSA) is 57.6 Å². The van der Waals surface area contributed by atoms with Gasteiger partial charge >= 0.3 is 0 Å². The molecule has 140 valence electrons. The second-order valence-corrected chi connectivity index (χ2v) is 6.71. The number of hydrogen-bond acceptors (Lipinski definition) is 4. The first-order valence-corrected chi connectivity index (χ1v) is 8.95. The largest absolute Gasteiger partial charge is 0.370 e. The van der Waals surface area contributed by atoms with Gasteiger partial charge in [-0.15, -0.1) is 0 Å². The standard InChI is InChI=1S/C22H19FN4O/c1-27(14-15-3-2-10-24-12-15)18-7-5-17(6-8-18)25-13-20-19-11-16(23)4-9-21(19)26-22(20)28/h2-13,20H,14H2,1H3,(H,26,28). The van der Waals surface area contributed by atoms with Gasteiger partial charge in [-0.3, -0.25) is 14.8 Å². The summed E-state index contributed by atoms with van der Waals surface area (Å²) in [7, 11) is 2.01. The van der Waals surface area contributed by atoms with Gasteiger partial charge in [0.2, 0.25) is 5.91 Å². The number of aromatic nitrogens is 1. The molecule has 0 radical (unpaired) electrons. The van der Waals surface area contributed by atoms with Gasteiger partial charge in [-0.25, -0.2) is 4.39 Å². The maximum absolute atomic E-state index is 13.5. The van der Waals surface area contributed by atoms with Gasteiger partial charge in [0.25, 0.3) is 0 Å². The highest BCUT2D eigenvalue weighted by molar-refractivity contribution is 6.12. The molecule has 5 nitrogen and oxygen atoms in total. The minimum Gasteiger partial charge on any atom is -0.370 e. The van der Waals surface area contributed by atoms with Crippen molar-refractivity contribution in [3.63, 3.8) is 0 Å². The molecule has 4 rings (SSSR count). The molecule has 3 aromatic rings. The molecule has 2 aromatic carbocycles. The summed E-state index contributed by atoms with van der Waals surface area (Å²) in [5.74, 6) is -1.15. The van der Waals surface area contributed by atoms with E-state index in [0.717, 1.165) is 23.5 Å². The zero-order valence-corrected chi connectivity index (χ0v) is 15.3. The Balaban J connectivity index is 1.46. The van der Waals surface area contributed by atoms with Gasteiger partial charge in [0, 0.05) is 43.6 Å². The third kappa shape index (κ3) is 3.76. The van der Waals surface area contributed by atoms with Gasteiger partial charge in [-0.05, 0) is 59.7 Å². The van der Waals surface area contributed by atoms with E-state index in [1.54, 1.807) is 18.5 Å². The average Bonchev–Trinajstić information content (AvgIpc) is 3.02. The number of carbonyl (C=O) groups excluding carboxylic acids is 1. The highest BCUT2D eigenvalue weighted by Gasteiger charge is 2.29. The molecule has 1 unspecified atom stereocenters. The molecule has 0 saturated heterocycles. The lowest BCUT2D eigenvalue weighted by Gasteiger charge is -2.19. The average molecular weight is 374 g/mol. The van der Waals surface area contributed by atoms with Crippen molar-refractivity contribution in [2.24, 2.45) is 4.99 Å². The number of nitrogens with zero attached hydrogens (tertiary/aromatic N) is 3. The van der Waals surface area contributed by atoms with Gasteiger partial charge in [0.05, 0.1) is 5.69 Å². The lowest BCUT2D eigenvalue weighted by molar-refractivity contribution is -0.115. The summed E-state index contributed by atoms with van der Waals surface area (Å²) in [6, 6.07) is 16.0. The number of hydrogen-bond donors (Lipinski definition) is 1. The van der Waals surface area contributed by atoms with Crippen LogP contribution < -0.4 is 10.2 Å². The highest BCUT2D eigenvalue weighted by Crippen LogP contribution is 2.32. The van der Waals surface area contributed by atoms with Crippen LogP contribution in [-0.4, -0.2) is 24.2 Å². The van der Waals surface area contributed by atoms with Crippen LogP contribution in [0.5, 0.6) is 0 Å². The lowest BCUT2D eigenvalue weighted by Crippen LogP contribution is -2.16. The van der Waals surface area contributed by atoms with E-state index >= 15 is 0 Å². The number of benzene rings is 2. The number of carbonyl (C=O) groups is 1. The Bertz CT molecular complexity index is 1020. The molecule has 0 spiro atoms. The summed E-state index contributed by atoms with van der Waals surface area (Å²) in [6.45, 7) is 0.751. The quantitative estimate of drug-likeness (QED) is 0.678. The summed E-state index contributed by atoms with van der Waals surface area (Å²) in [4.78, 5) is 22.8. The number of nitrogens with one attached hydrogen (secondary N) is 1. The number of aliphatic imine (C=N–C) groups is 1. The highest BCUT2D eigenvalue weighted by atomic mass is 19.1. The monoisotopic (exact) mass is 374 g/mol. The second-order valence-electron chi connectivity index (χ2n) is 6.71. The van der Waals surface area contributed by atoms with Crippen molar-refractivity contribution < 1.29 is 9.18 Å². The molecule has 0 saturated carbocycles. The zero-order valence-electron chi connectivity index (χ0n) is 15.3. The van der Waals surface area contributed by atoms with Crippen molar-refractivity contribution in [1.29, 1.82) is 0 Å². The van der Waals surface area contributed by atoms with E-state index in [1.807, 2.05) is 49.6 Å². The van der Waals surface area contributed by atoms with Crippen LogP contribution >= 0.6 is 0 Å². The molecule has 28 heavy (non-hydrogen) atoms. The molecular formula is C22H19FN4O. The van der Waals surface area contributed by atoms with Crippen LogP contribution in [0.4, 0.5) is 21.5 Å². The molecule has 1 amide bonds. The van der Waals surface area contributed by atoms with Crippen LogP contribution in [0.25, 0.3) is 0 Å². The first kappa shape index (κ1) is 17.9. The minimum absolute atomic E-state index is 0.197. The smallest absolute Gasteiger partial charge is 0.237 e. The van der Waals surface area contributed by atoms with Crippen molar-refractivity contribution in [2.75, 3.05) is 17.3 Å². The number of rotatable bonds is 5. The second kappa shape index (κ2) is 7.60. The molecule has 1 N–H and O–H groups in total. The number of anilines is 2. The van der Waals surface area contributed by atoms with E-state index in [-0.39, 0.29) is 11.7 Å². The SMILES string of the molecule is CN(Cc1cccnc1)c1ccc(N=CC2C(=O)Nc3ccc(F)cc32)cc1. The van der Waals surface area contributed by atoms with Crippen LogP contribution in [0.2, 0.25) is 0 Å². The van der Waals surface area contributed by atoms with E-state index in [9.17, 15) is 9.18 Å².